The number of halogens is 1. The van der Waals surface area contributed by atoms with Gasteiger partial charge >= 0.3 is 5.97 Å². The summed E-state index contributed by atoms with van der Waals surface area (Å²) in [6.07, 6.45) is -1.20. The molecule has 3 rings (SSSR count). The summed E-state index contributed by atoms with van der Waals surface area (Å²) in [7, 11) is 0. The van der Waals surface area contributed by atoms with Crippen LogP contribution in [0.5, 0.6) is 0 Å². The van der Waals surface area contributed by atoms with Crippen molar-refractivity contribution < 1.29 is 19.4 Å². The van der Waals surface area contributed by atoms with Gasteiger partial charge in [0, 0.05) is 11.3 Å². The van der Waals surface area contributed by atoms with E-state index in [1.807, 2.05) is 0 Å². The number of carbonyl (C=O) groups excluding carboxylic acids is 2. The highest BCUT2D eigenvalue weighted by Gasteiger charge is 2.55. The van der Waals surface area contributed by atoms with Gasteiger partial charge in [-0.15, -0.1) is 24.2 Å². The maximum absolute atomic E-state index is 11.5. The molecule has 0 saturated carbocycles. The van der Waals surface area contributed by atoms with E-state index >= 15 is 0 Å². The van der Waals surface area contributed by atoms with Crippen LogP contribution in [0.1, 0.15) is 0 Å². The number of aliphatic hydroxyl groups is 1. The van der Waals surface area contributed by atoms with Crippen molar-refractivity contribution in [3.05, 3.63) is 11.3 Å². The zero-order valence-corrected chi connectivity index (χ0v) is 9.59. The van der Waals surface area contributed by atoms with Crippen LogP contribution < -0.4 is 5.73 Å². The van der Waals surface area contributed by atoms with Gasteiger partial charge in [-0.1, -0.05) is 0 Å². The molecule has 0 radical (unpaired) electrons. The van der Waals surface area contributed by atoms with E-state index in [1.165, 1.54) is 16.7 Å². The van der Waals surface area contributed by atoms with Crippen LogP contribution in [-0.4, -0.2) is 45.3 Å². The molecule has 0 bridgehead atoms. The maximum atomic E-state index is 11.5. The molecule has 0 aliphatic carbocycles. The SMILES string of the molecule is Cl.NC1C(=O)N2C3=C(CSC12)C(O)OC3=O. The third-order valence-electron chi connectivity index (χ3n) is 2.75. The Kier molecular flexibility index (Phi) is 2.66. The van der Waals surface area contributed by atoms with Crippen molar-refractivity contribution >= 4 is 36.0 Å². The van der Waals surface area contributed by atoms with Crippen LogP contribution in [0, 0.1) is 0 Å². The number of nitrogens with two attached hydrogens (primary N) is 1. The van der Waals surface area contributed by atoms with Crippen molar-refractivity contribution in [3.63, 3.8) is 0 Å². The summed E-state index contributed by atoms with van der Waals surface area (Å²) in [5.41, 5.74) is 6.26. The van der Waals surface area contributed by atoms with E-state index in [0.717, 1.165) is 0 Å². The van der Waals surface area contributed by atoms with Crippen molar-refractivity contribution in [2.45, 2.75) is 17.7 Å². The predicted molar refractivity (Wildman–Crippen MR) is 57.4 cm³/mol. The van der Waals surface area contributed by atoms with E-state index in [4.69, 9.17) is 5.73 Å². The molecular formula is C8H9ClN2O4S. The Hall–Kier alpha value is -0.760. The lowest BCUT2D eigenvalue weighted by Gasteiger charge is -2.46. The van der Waals surface area contributed by atoms with Crippen molar-refractivity contribution in [2.24, 2.45) is 5.73 Å². The van der Waals surface area contributed by atoms with Crippen LogP contribution in [0.3, 0.4) is 0 Å². The minimum absolute atomic E-state index is 0. The molecule has 3 atom stereocenters. The summed E-state index contributed by atoms with van der Waals surface area (Å²) in [4.78, 5) is 24.2. The topological polar surface area (TPSA) is 92.9 Å². The molecule has 3 aliphatic rings. The molecule has 3 unspecified atom stereocenters. The third kappa shape index (κ3) is 1.22. The molecule has 16 heavy (non-hydrogen) atoms. The smallest absolute Gasteiger partial charge is 0.357 e. The molecule has 0 spiro atoms. The number of aliphatic hydroxyl groups excluding tert-OH is 1. The molecule has 8 heteroatoms. The minimum atomic E-state index is -1.20. The molecule has 3 aliphatic heterocycles. The Morgan fingerprint density at radius 2 is 2.19 bits per heavy atom. The van der Waals surface area contributed by atoms with Crippen LogP contribution in [-0.2, 0) is 14.3 Å². The zero-order valence-electron chi connectivity index (χ0n) is 7.95. The number of cyclic esters (lactones) is 1. The molecule has 1 amide bonds. The molecule has 0 aromatic carbocycles. The summed E-state index contributed by atoms with van der Waals surface area (Å²) in [5, 5.41) is 9.21. The van der Waals surface area contributed by atoms with Gasteiger partial charge in [-0.2, -0.15) is 0 Å². The lowest BCUT2D eigenvalue weighted by Crippen LogP contribution is -2.68. The molecular weight excluding hydrogens is 256 g/mol. The van der Waals surface area contributed by atoms with Crippen molar-refractivity contribution in [3.8, 4) is 0 Å². The summed E-state index contributed by atoms with van der Waals surface area (Å²) < 4.78 is 4.64. The number of hydrogen-bond donors (Lipinski definition) is 2. The number of carbonyl (C=O) groups is 2. The average molecular weight is 265 g/mol. The Labute approximate surface area is 101 Å². The van der Waals surface area contributed by atoms with E-state index in [1.54, 1.807) is 0 Å². The monoisotopic (exact) mass is 264 g/mol. The standard InChI is InChI=1S/C8H8N2O4S.ClH/c9-3-5(11)10-4-2(1-15-6(3)10)7(12)14-8(4)13;/h3,6-7,12H,1,9H2;1H. The Balaban J connectivity index is 0.000000963. The highest BCUT2D eigenvalue weighted by Crippen LogP contribution is 2.43. The zero-order chi connectivity index (χ0) is 10.7. The van der Waals surface area contributed by atoms with Gasteiger partial charge in [0.15, 0.2) is 0 Å². The predicted octanol–water partition coefficient (Wildman–Crippen LogP) is -1.22. The number of hydrogen-bond acceptors (Lipinski definition) is 6. The van der Waals surface area contributed by atoms with Gasteiger partial charge in [0.05, 0.1) is 0 Å². The normalized spacial score (nSPS) is 36.1. The molecule has 3 N–H and O–H groups in total. The number of ether oxygens (including phenoxy) is 1. The van der Waals surface area contributed by atoms with Crippen LogP contribution in [0.4, 0.5) is 0 Å². The van der Waals surface area contributed by atoms with Gasteiger partial charge in [-0.05, 0) is 0 Å². The number of amides is 1. The Morgan fingerprint density at radius 3 is 2.88 bits per heavy atom. The van der Waals surface area contributed by atoms with Gasteiger partial charge in [0.1, 0.15) is 17.1 Å². The van der Waals surface area contributed by atoms with Gasteiger partial charge in [0.2, 0.25) is 12.2 Å². The summed E-state index contributed by atoms with van der Waals surface area (Å²) in [5.74, 6) is -0.446. The summed E-state index contributed by atoms with van der Waals surface area (Å²) >= 11 is 1.44. The fourth-order valence-corrected chi connectivity index (χ4v) is 3.26. The first kappa shape index (κ1) is 11.7. The summed E-state index contributed by atoms with van der Waals surface area (Å²) in [6.45, 7) is 0. The first-order valence-electron chi connectivity index (χ1n) is 4.43. The lowest BCUT2D eigenvalue weighted by atomic mass is 10.0. The number of esters is 1. The fraction of sp³-hybridized carbons (Fsp3) is 0.500. The quantitative estimate of drug-likeness (QED) is 0.421. The van der Waals surface area contributed by atoms with Gasteiger partial charge in [-0.25, -0.2) is 4.79 Å². The van der Waals surface area contributed by atoms with E-state index in [-0.39, 0.29) is 29.4 Å². The molecule has 0 aromatic rings. The second-order valence-electron chi connectivity index (χ2n) is 3.57. The number of thioether (sulfide) groups is 1. The number of rotatable bonds is 0. The van der Waals surface area contributed by atoms with Crippen molar-refractivity contribution in [1.29, 1.82) is 0 Å². The van der Waals surface area contributed by atoms with Gasteiger partial charge < -0.3 is 15.6 Å². The third-order valence-corrected chi connectivity index (χ3v) is 4.07. The first-order valence-corrected chi connectivity index (χ1v) is 5.48. The minimum Gasteiger partial charge on any atom is -0.427 e. The van der Waals surface area contributed by atoms with Gasteiger partial charge in [0.25, 0.3) is 0 Å². The van der Waals surface area contributed by atoms with Crippen LogP contribution in [0.2, 0.25) is 0 Å². The Bertz CT molecular complexity index is 413. The molecule has 1 saturated heterocycles. The molecule has 1 fully saturated rings. The first-order chi connectivity index (χ1) is 7.11. The summed E-state index contributed by atoms with van der Waals surface area (Å²) in [6, 6.07) is -0.547. The highest BCUT2D eigenvalue weighted by atomic mass is 35.5. The molecule has 88 valence electrons. The van der Waals surface area contributed by atoms with E-state index in [9.17, 15) is 14.7 Å². The van der Waals surface area contributed by atoms with E-state index < -0.39 is 18.3 Å². The largest absolute Gasteiger partial charge is 0.427 e. The average Bonchev–Trinajstić information content (AvgIpc) is 2.52. The van der Waals surface area contributed by atoms with Crippen LogP contribution in [0.15, 0.2) is 11.3 Å². The Morgan fingerprint density at radius 1 is 1.50 bits per heavy atom. The lowest BCUT2D eigenvalue weighted by molar-refractivity contribution is -0.156. The van der Waals surface area contributed by atoms with Crippen molar-refractivity contribution in [2.75, 3.05) is 5.75 Å². The maximum Gasteiger partial charge on any atom is 0.357 e. The van der Waals surface area contributed by atoms with E-state index in [2.05, 4.69) is 4.74 Å². The fourth-order valence-electron chi connectivity index (χ4n) is 1.95. The molecule has 0 aromatic heterocycles. The van der Waals surface area contributed by atoms with Gasteiger partial charge in [-0.3, -0.25) is 9.69 Å². The second-order valence-corrected chi connectivity index (χ2v) is 4.67. The number of fused-ring (bicyclic) bond motifs is 2. The van der Waals surface area contributed by atoms with Crippen molar-refractivity contribution in [1.82, 2.24) is 4.90 Å². The molecule has 3 heterocycles. The number of nitrogens with zero attached hydrogens (tertiary/aromatic N) is 1. The number of β-lactam (4-membered cyclic amide) rings is 1. The second kappa shape index (κ2) is 3.63. The van der Waals surface area contributed by atoms with Crippen LogP contribution >= 0.6 is 24.2 Å². The molecule has 6 nitrogen and oxygen atoms in total. The van der Waals surface area contributed by atoms with Crippen LogP contribution in [0.25, 0.3) is 0 Å². The highest BCUT2D eigenvalue weighted by molar-refractivity contribution is 8.00. The van der Waals surface area contributed by atoms with E-state index in [0.29, 0.717) is 11.3 Å².